The van der Waals surface area contributed by atoms with Crippen molar-refractivity contribution in [3.63, 3.8) is 0 Å². The highest BCUT2D eigenvalue weighted by Crippen LogP contribution is 2.43. The van der Waals surface area contributed by atoms with Gasteiger partial charge in [0, 0.05) is 12.8 Å². The van der Waals surface area contributed by atoms with E-state index in [1.807, 2.05) is 0 Å². The minimum Gasteiger partial charge on any atom is -0.480 e. The first-order chi connectivity index (χ1) is 26.1. The van der Waals surface area contributed by atoms with E-state index in [4.69, 9.17) is 13.8 Å². The Labute approximate surface area is 327 Å². The molecular weight excluding hydrogens is 709 g/mol. The molecule has 3 atom stereocenters. The van der Waals surface area contributed by atoms with Crippen LogP contribution in [0.25, 0.3) is 0 Å². The van der Waals surface area contributed by atoms with Crippen LogP contribution in [0.3, 0.4) is 0 Å². The predicted octanol–water partition coefficient (Wildman–Crippen LogP) is 10.4. The van der Waals surface area contributed by atoms with Crippen molar-refractivity contribution in [1.29, 1.82) is 0 Å². The van der Waals surface area contributed by atoms with Crippen LogP contribution in [0.2, 0.25) is 0 Å². The molecule has 0 aromatic rings. The van der Waals surface area contributed by atoms with Crippen LogP contribution >= 0.6 is 7.82 Å². The molecule has 0 aliphatic heterocycles. The van der Waals surface area contributed by atoms with Gasteiger partial charge in [0.2, 0.25) is 5.91 Å². The SMILES string of the molecule is CCC/C=C\C/C=C\CCCCCCCC(=O)OCC(O)COP(=O)(O)OCC(NC(=O)CCCCCCCCC/C=C\CCCCCCCC)C(=O)O. The fraction of sp³-hybridized carbons (Fsp3) is 0.786. The van der Waals surface area contributed by atoms with Crippen LogP contribution in [0, 0.1) is 0 Å². The lowest BCUT2D eigenvalue weighted by molar-refractivity contribution is -0.147. The summed E-state index contributed by atoms with van der Waals surface area (Å²) in [4.78, 5) is 45.8. The van der Waals surface area contributed by atoms with Crippen LogP contribution in [0.15, 0.2) is 36.5 Å². The predicted molar refractivity (Wildman–Crippen MR) is 217 cm³/mol. The molecule has 0 aromatic heterocycles. The number of rotatable bonds is 39. The first-order valence-electron chi connectivity index (χ1n) is 21.0. The van der Waals surface area contributed by atoms with Crippen molar-refractivity contribution in [3.05, 3.63) is 36.5 Å². The van der Waals surface area contributed by atoms with Gasteiger partial charge in [0.1, 0.15) is 12.7 Å². The summed E-state index contributed by atoms with van der Waals surface area (Å²) in [5.74, 6) is -2.39. The number of hydrogen-bond donors (Lipinski definition) is 4. The Kier molecular flexibility index (Phi) is 36.0. The first kappa shape index (κ1) is 51.7. The van der Waals surface area contributed by atoms with Crippen LogP contribution in [0.5, 0.6) is 0 Å². The van der Waals surface area contributed by atoms with Crippen molar-refractivity contribution < 1.29 is 47.8 Å². The maximum Gasteiger partial charge on any atom is 0.472 e. The maximum absolute atomic E-state index is 12.3. The highest BCUT2D eigenvalue weighted by atomic mass is 31.2. The molecule has 4 N–H and O–H groups in total. The lowest BCUT2D eigenvalue weighted by atomic mass is 10.1. The standard InChI is InChI=1S/C42H76NO10P/c1-3-5-7-9-11-13-15-17-18-19-20-22-23-25-27-29-31-33-40(45)43-39(42(47)48)37-53-54(49,50)52-36-38(44)35-51-41(46)34-32-30-28-26-24-21-16-14-12-10-8-6-4-2/h8,10,14,16-18,38-39,44H,3-7,9,11-13,15,19-37H2,1-2H3,(H,43,45)(H,47,48)(H,49,50)/b10-8-,16-14-,18-17-. The number of aliphatic hydroxyl groups excluding tert-OH is 1. The monoisotopic (exact) mass is 786 g/mol. The largest absolute Gasteiger partial charge is 0.480 e. The van der Waals surface area contributed by atoms with E-state index >= 15 is 0 Å². The van der Waals surface area contributed by atoms with E-state index in [9.17, 15) is 34.1 Å². The minimum atomic E-state index is -4.76. The number of phosphoric ester groups is 1. The van der Waals surface area contributed by atoms with Crippen molar-refractivity contribution in [2.45, 2.75) is 193 Å². The maximum atomic E-state index is 12.3. The third-order valence-corrected chi connectivity index (χ3v) is 9.83. The number of phosphoric acid groups is 1. The number of nitrogens with one attached hydrogen (secondary N) is 1. The Morgan fingerprint density at radius 2 is 1.06 bits per heavy atom. The summed E-state index contributed by atoms with van der Waals surface area (Å²) in [6.07, 6.45) is 38.8. The second-order valence-corrected chi connectivity index (χ2v) is 15.6. The fourth-order valence-electron chi connectivity index (χ4n) is 5.58. The zero-order valence-electron chi connectivity index (χ0n) is 33.8. The normalized spacial score (nSPS) is 14.1. The third kappa shape index (κ3) is 36.7. The van der Waals surface area contributed by atoms with Gasteiger partial charge in [-0.1, -0.05) is 140 Å². The average molecular weight is 786 g/mol. The molecule has 0 bridgehead atoms. The molecule has 0 radical (unpaired) electrons. The summed E-state index contributed by atoms with van der Waals surface area (Å²) in [6.45, 7) is 2.50. The quantitative estimate of drug-likeness (QED) is 0.0204. The summed E-state index contributed by atoms with van der Waals surface area (Å²) in [5, 5.41) is 21.8. The van der Waals surface area contributed by atoms with Crippen LogP contribution < -0.4 is 5.32 Å². The summed E-state index contributed by atoms with van der Waals surface area (Å²) >= 11 is 0. The number of hydrogen-bond acceptors (Lipinski definition) is 8. The highest BCUT2D eigenvalue weighted by molar-refractivity contribution is 7.47. The minimum absolute atomic E-state index is 0.140. The number of carboxylic acid groups (broad SMARTS) is 1. The van der Waals surface area contributed by atoms with Crippen LogP contribution in [0.4, 0.5) is 0 Å². The average Bonchev–Trinajstić information content (AvgIpc) is 3.14. The Morgan fingerprint density at radius 1 is 0.593 bits per heavy atom. The number of carbonyl (C=O) groups excluding carboxylic acids is 2. The van der Waals surface area contributed by atoms with Gasteiger partial charge in [-0.3, -0.25) is 18.6 Å². The molecule has 12 heteroatoms. The van der Waals surface area contributed by atoms with Gasteiger partial charge in [0.15, 0.2) is 6.04 Å². The van der Waals surface area contributed by atoms with Gasteiger partial charge in [-0.05, 0) is 64.2 Å². The van der Waals surface area contributed by atoms with Crippen molar-refractivity contribution >= 4 is 25.7 Å². The van der Waals surface area contributed by atoms with E-state index in [1.165, 1.54) is 64.2 Å². The molecule has 0 heterocycles. The highest BCUT2D eigenvalue weighted by Gasteiger charge is 2.28. The Bertz CT molecular complexity index is 1060. The molecule has 0 spiro atoms. The summed E-state index contributed by atoms with van der Waals surface area (Å²) in [6, 6.07) is -1.55. The molecular formula is C42H76NO10P. The molecule has 1 amide bonds. The van der Waals surface area contributed by atoms with Gasteiger partial charge in [-0.2, -0.15) is 0 Å². The van der Waals surface area contributed by atoms with E-state index in [0.29, 0.717) is 12.8 Å². The van der Waals surface area contributed by atoms with Gasteiger partial charge < -0.3 is 25.2 Å². The van der Waals surface area contributed by atoms with Crippen LogP contribution in [-0.4, -0.2) is 64.9 Å². The number of aliphatic hydroxyl groups is 1. The van der Waals surface area contributed by atoms with E-state index in [-0.39, 0.29) is 12.8 Å². The van der Waals surface area contributed by atoms with E-state index in [2.05, 4.69) is 55.6 Å². The molecule has 54 heavy (non-hydrogen) atoms. The Balaban J connectivity index is 3.94. The molecule has 0 saturated carbocycles. The molecule has 0 aliphatic rings. The van der Waals surface area contributed by atoms with E-state index < -0.39 is 57.6 Å². The van der Waals surface area contributed by atoms with Gasteiger partial charge in [0.05, 0.1) is 13.2 Å². The second-order valence-electron chi connectivity index (χ2n) is 14.2. The molecule has 0 fully saturated rings. The van der Waals surface area contributed by atoms with Gasteiger partial charge in [-0.25, -0.2) is 9.36 Å². The number of allylic oxidation sites excluding steroid dienone is 6. The smallest absolute Gasteiger partial charge is 0.472 e. The third-order valence-electron chi connectivity index (χ3n) is 8.88. The van der Waals surface area contributed by atoms with E-state index in [1.54, 1.807) is 0 Å². The number of carboxylic acids is 1. The second kappa shape index (κ2) is 37.6. The van der Waals surface area contributed by atoms with Crippen molar-refractivity contribution in [2.75, 3.05) is 19.8 Å². The fourth-order valence-corrected chi connectivity index (χ4v) is 6.35. The topological polar surface area (TPSA) is 169 Å². The van der Waals surface area contributed by atoms with Gasteiger partial charge in [-0.15, -0.1) is 0 Å². The molecule has 0 aliphatic carbocycles. The lowest BCUT2D eigenvalue weighted by Gasteiger charge is -2.18. The zero-order chi connectivity index (χ0) is 40.0. The Morgan fingerprint density at radius 3 is 1.59 bits per heavy atom. The van der Waals surface area contributed by atoms with Crippen molar-refractivity contribution in [1.82, 2.24) is 5.32 Å². The van der Waals surface area contributed by atoms with Crippen LogP contribution in [-0.2, 0) is 32.7 Å². The lowest BCUT2D eigenvalue weighted by Crippen LogP contribution is -2.43. The number of esters is 1. The summed E-state index contributed by atoms with van der Waals surface area (Å²) in [5.41, 5.74) is 0. The molecule has 0 aromatic carbocycles. The van der Waals surface area contributed by atoms with Crippen molar-refractivity contribution in [2.24, 2.45) is 0 Å². The number of ether oxygens (including phenoxy) is 1. The number of aliphatic carboxylic acids is 1. The molecule has 314 valence electrons. The zero-order valence-corrected chi connectivity index (χ0v) is 34.7. The molecule has 11 nitrogen and oxygen atoms in total. The number of carbonyl (C=O) groups is 3. The van der Waals surface area contributed by atoms with Crippen molar-refractivity contribution in [3.8, 4) is 0 Å². The Hall–Kier alpha value is -2.30. The van der Waals surface area contributed by atoms with E-state index in [0.717, 1.165) is 77.0 Å². The first-order valence-corrected chi connectivity index (χ1v) is 22.5. The summed E-state index contributed by atoms with van der Waals surface area (Å²) < 4.78 is 26.8. The number of unbranched alkanes of at least 4 members (excludes halogenated alkanes) is 19. The molecule has 0 saturated heterocycles. The number of amides is 1. The van der Waals surface area contributed by atoms with Crippen LogP contribution in [0.1, 0.15) is 181 Å². The molecule has 3 unspecified atom stereocenters. The summed E-state index contributed by atoms with van der Waals surface area (Å²) in [7, 11) is -4.76. The molecule has 0 rings (SSSR count). The van der Waals surface area contributed by atoms with Gasteiger partial charge in [0.25, 0.3) is 0 Å². The van der Waals surface area contributed by atoms with Gasteiger partial charge >= 0.3 is 19.8 Å².